The van der Waals surface area contributed by atoms with Crippen molar-refractivity contribution in [3.63, 3.8) is 0 Å². The Morgan fingerprint density at radius 3 is 1.27 bits per heavy atom. The number of hydrogen-bond acceptors (Lipinski definition) is 11. The normalized spacial score (nSPS) is 12.5. The Morgan fingerprint density at radius 1 is 0.575 bits per heavy atom. The van der Waals surface area contributed by atoms with Gasteiger partial charge in [-0.05, 0) is 60.7 Å². The first-order valence-corrected chi connectivity index (χ1v) is 15.2. The molecular formula is C21H16N8O8S3. The molecule has 0 aliphatic carbocycles. The lowest BCUT2D eigenvalue weighted by Crippen LogP contribution is -2.13. The summed E-state index contributed by atoms with van der Waals surface area (Å²) in [4.78, 5) is 3.49. The average Bonchev–Trinajstić information content (AvgIpc) is 3.58. The molecule has 3 heterocycles. The predicted molar refractivity (Wildman–Crippen MR) is 136 cm³/mol. The standard InChI is InChI=1S/C21H16N8O8S3/c22-38(30,31)17-9-18(20-11-28(26-24-20)13-1-5-15(6-2-13)39(32,33)34)23-19(10-17)21-12-29(27-25-21)14-3-7-16(8-4-14)40(35,36)37/h1-12H,(H2,22,30,31)(H,32,33,34)(H,35,36,37). The molecule has 19 heteroatoms. The van der Waals surface area contributed by atoms with Gasteiger partial charge in [-0.15, -0.1) is 10.2 Å². The van der Waals surface area contributed by atoms with Crippen LogP contribution in [0.25, 0.3) is 34.2 Å². The Bertz CT molecular complexity index is 1940. The van der Waals surface area contributed by atoms with Gasteiger partial charge in [0.2, 0.25) is 10.0 Å². The van der Waals surface area contributed by atoms with E-state index in [1.54, 1.807) is 0 Å². The van der Waals surface area contributed by atoms with Gasteiger partial charge < -0.3 is 0 Å². The number of aromatic nitrogens is 7. The Hall–Kier alpha value is -4.40. The van der Waals surface area contributed by atoms with Gasteiger partial charge in [-0.2, -0.15) is 16.8 Å². The second kappa shape index (κ2) is 9.66. The van der Waals surface area contributed by atoms with Crippen LogP contribution in [-0.4, -0.2) is 69.3 Å². The molecule has 40 heavy (non-hydrogen) atoms. The maximum atomic E-state index is 12.2. The Kier molecular flexibility index (Phi) is 6.56. The third kappa shape index (κ3) is 5.64. The van der Waals surface area contributed by atoms with E-state index in [4.69, 9.17) is 14.2 Å². The van der Waals surface area contributed by atoms with Crippen molar-refractivity contribution in [2.24, 2.45) is 5.14 Å². The van der Waals surface area contributed by atoms with E-state index in [0.717, 1.165) is 0 Å². The zero-order valence-electron chi connectivity index (χ0n) is 19.7. The SMILES string of the molecule is NS(=O)(=O)c1cc(-c2cn(-c3ccc(S(=O)(=O)O)cc3)nn2)nc(-c2cn(-c3ccc(S(=O)(=O)O)cc3)nn2)c1. The largest absolute Gasteiger partial charge is 0.294 e. The van der Waals surface area contributed by atoms with Gasteiger partial charge in [-0.25, -0.2) is 27.9 Å². The molecule has 0 atom stereocenters. The van der Waals surface area contributed by atoms with Gasteiger partial charge in [0.05, 0.1) is 49.8 Å². The quantitative estimate of drug-likeness (QED) is 0.217. The molecule has 0 aliphatic rings. The number of nitrogens with zero attached hydrogens (tertiary/aromatic N) is 7. The third-order valence-electron chi connectivity index (χ3n) is 5.44. The summed E-state index contributed by atoms with van der Waals surface area (Å²) in [6.07, 6.45) is 2.82. The van der Waals surface area contributed by atoms with Crippen molar-refractivity contribution in [2.45, 2.75) is 14.7 Å². The molecule has 5 aromatic rings. The van der Waals surface area contributed by atoms with E-state index in [1.165, 1.54) is 82.4 Å². The minimum atomic E-state index is -4.38. The van der Waals surface area contributed by atoms with Crippen LogP contribution in [0.1, 0.15) is 0 Å². The number of sulfonamides is 1. The lowest BCUT2D eigenvalue weighted by molar-refractivity contribution is 0.481. The van der Waals surface area contributed by atoms with E-state index in [-0.39, 0.29) is 37.5 Å². The van der Waals surface area contributed by atoms with Crippen molar-refractivity contribution in [2.75, 3.05) is 0 Å². The van der Waals surface area contributed by atoms with Crippen LogP contribution in [0, 0.1) is 0 Å². The summed E-state index contributed by atoms with van der Waals surface area (Å²) in [7, 11) is -13.0. The highest BCUT2D eigenvalue weighted by Crippen LogP contribution is 2.26. The maximum Gasteiger partial charge on any atom is 0.294 e. The summed E-state index contributed by atoms with van der Waals surface area (Å²) in [6.45, 7) is 0. The number of benzene rings is 2. The number of pyridine rings is 1. The van der Waals surface area contributed by atoms with E-state index in [2.05, 4.69) is 25.6 Å². The monoisotopic (exact) mass is 604 g/mol. The topological polar surface area (TPSA) is 243 Å². The van der Waals surface area contributed by atoms with Crippen LogP contribution in [0.15, 0.2) is 87.7 Å². The van der Waals surface area contributed by atoms with E-state index < -0.39 is 30.3 Å². The highest BCUT2D eigenvalue weighted by Gasteiger charge is 2.19. The van der Waals surface area contributed by atoms with Crippen LogP contribution in [0.4, 0.5) is 0 Å². The summed E-state index contributed by atoms with van der Waals surface area (Å²) >= 11 is 0. The van der Waals surface area contributed by atoms with Crippen LogP contribution in [0.2, 0.25) is 0 Å². The molecule has 0 aliphatic heterocycles. The molecule has 0 radical (unpaired) electrons. The smallest absolute Gasteiger partial charge is 0.282 e. The zero-order valence-corrected chi connectivity index (χ0v) is 22.2. The van der Waals surface area contributed by atoms with Gasteiger partial charge >= 0.3 is 0 Å². The molecule has 5 rings (SSSR count). The summed E-state index contributed by atoms with van der Waals surface area (Å²) in [5.41, 5.74) is 1.18. The van der Waals surface area contributed by atoms with Crippen LogP contribution in [0.5, 0.6) is 0 Å². The number of hydrogen-bond donors (Lipinski definition) is 3. The summed E-state index contributed by atoms with van der Waals surface area (Å²) in [5.74, 6) is 0. The van der Waals surface area contributed by atoms with Crippen molar-refractivity contribution in [1.82, 2.24) is 35.0 Å². The van der Waals surface area contributed by atoms with Crippen molar-refractivity contribution < 1.29 is 34.4 Å². The molecule has 4 N–H and O–H groups in total. The van der Waals surface area contributed by atoms with Gasteiger partial charge in [0, 0.05) is 0 Å². The average molecular weight is 605 g/mol. The van der Waals surface area contributed by atoms with Gasteiger partial charge in [0.15, 0.2) is 0 Å². The minimum absolute atomic E-state index is 0.0642. The fraction of sp³-hybridized carbons (Fsp3) is 0. The first-order valence-electron chi connectivity index (χ1n) is 10.7. The molecule has 0 spiro atoms. The van der Waals surface area contributed by atoms with Gasteiger partial charge in [0.25, 0.3) is 20.2 Å². The van der Waals surface area contributed by atoms with Crippen molar-refractivity contribution in [3.8, 4) is 34.2 Å². The fourth-order valence-corrected chi connectivity index (χ4v) is 5.00. The zero-order chi connectivity index (χ0) is 28.9. The molecule has 0 amide bonds. The summed E-state index contributed by atoms with van der Waals surface area (Å²) in [6, 6.07) is 12.6. The van der Waals surface area contributed by atoms with Crippen LogP contribution < -0.4 is 5.14 Å². The number of rotatable bonds is 7. The fourth-order valence-electron chi connectivity index (χ4n) is 3.49. The van der Waals surface area contributed by atoms with E-state index in [0.29, 0.717) is 11.4 Å². The molecule has 16 nitrogen and oxygen atoms in total. The highest BCUT2D eigenvalue weighted by molar-refractivity contribution is 7.89. The number of nitrogens with two attached hydrogens (primary N) is 1. The Morgan fingerprint density at radius 2 is 0.950 bits per heavy atom. The second-order valence-corrected chi connectivity index (χ2v) is 12.6. The Labute approximate surface area is 226 Å². The molecule has 0 bridgehead atoms. The molecule has 0 fully saturated rings. The van der Waals surface area contributed by atoms with Gasteiger partial charge in [-0.1, -0.05) is 10.4 Å². The molecule has 0 unspecified atom stereocenters. The molecule has 0 saturated carbocycles. The Balaban J connectivity index is 1.52. The van der Waals surface area contributed by atoms with Crippen LogP contribution in [0.3, 0.4) is 0 Å². The molecule has 206 valence electrons. The van der Waals surface area contributed by atoms with Gasteiger partial charge in [0.1, 0.15) is 11.4 Å². The van der Waals surface area contributed by atoms with E-state index in [9.17, 15) is 25.3 Å². The van der Waals surface area contributed by atoms with E-state index in [1.807, 2.05) is 0 Å². The third-order valence-corrected chi connectivity index (χ3v) is 8.07. The summed E-state index contributed by atoms with van der Waals surface area (Å²) < 4.78 is 90.4. The molecule has 0 saturated heterocycles. The lowest BCUT2D eigenvalue weighted by atomic mass is 10.2. The van der Waals surface area contributed by atoms with Gasteiger partial charge in [-0.3, -0.25) is 9.11 Å². The molecular weight excluding hydrogens is 588 g/mol. The van der Waals surface area contributed by atoms with Crippen LogP contribution >= 0.6 is 0 Å². The maximum absolute atomic E-state index is 12.2. The molecule has 3 aromatic heterocycles. The predicted octanol–water partition coefficient (Wildman–Crippen LogP) is 0.718. The summed E-state index contributed by atoms with van der Waals surface area (Å²) in [5, 5.41) is 21.3. The minimum Gasteiger partial charge on any atom is -0.282 e. The second-order valence-electron chi connectivity index (χ2n) is 8.15. The van der Waals surface area contributed by atoms with Crippen LogP contribution in [-0.2, 0) is 30.3 Å². The lowest BCUT2D eigenvalue weighted by Gasteiger charge is -2.05. The number of primary sulfonamides is 1. The van der Waals surface area contributed by atoms with Crippen molar-refractivity contribution in [3.05, 3.63) is 73.1 Å². The van der Waals surface area contributed by atoms with E-state index >= 15 is 0 Å². The molecule has 2 aromatic carbocycles. The first-order chi connectivity index (χ1) is 18.7. The first kappa shape index (κ1) is 27.2. The van der Waals surface area contributed by atoms with Crippen molar-refractivity contribution in [1.29, 1.82) is 0 Å². The highest BCUT2D eigenvalue weighted by atomic mass is 32.2. The van der Waals surface area contributed by atoms with Crippen molar-refractivity contribution >= 4 is 30.3 Å².